The van der Waals surface area contributed by atoms with Crippen LogP contribution in [0.25, 0.3) is 10.8 Å². The number of esters is 1. The SMILES string of the molecule is O=C(OCc1cccc2ccccc12)[C@@H]1CCCN1S(=O)(=O)c1ccc(F)cc1. The zero-order valence-corrected chi connectivity index (χ0v) is 16.4. The van der Waals surface area contributed by atoms with E-state index in [1.54, 1.807) is 0 Å². The molecule has 1 saturated heterocycles. The predicted molar refractivity (Wildman–Crippen MR) is 107 cm³/mol. The van der Waals surface area contributed by atoms with Gasteiger partial charge in [-0.25, -0.2) is 12.8 Å². The maximum Gasteiger partial charge on any atom is 0.324 e. The van der Waals surface area contributed by atoms with Crippen molar-refractivity contribution < 1.29 is 22.3 Å². The normalized spacial score (nSPS) is 17.5. The minimum atomic E-state index is -3.90. The monoisotopic (exact) mass is 413 g/mol. The van der Waals surface area contributed by atoms with Gasteiger partial charge >= 0.3 is 5.97 Å². The first-order valence-corrected chi connectivity index (χ1v) is 10.8. The van der Waals surface area contributed by atoms with E-state index in [1.165, 1.54) is 12.1 Å². The Bertz CT molecular complexity index is 1140. The lowest BCUT2D eigenvalue weighted by Gasteiger charge is -2.23. The molecule has 0 unspecified atom stereocenters. The van der Waals surface area contributed by atoms with Crippen molar-refractivity contribution in [3.05, 3.63) is 78.1 Å². The molecule has 150 valence electrons. The molecule has 0 amide bonds. The molecule has 1 aliphatic rings. The summed E-state index contributed by atoms with van der Waals surface area (Å²) < 4.78 is 45.6. The number of carbonyl (C=O) groups is 1. The largest absolute Gasteiger partial charge is 0.460 e. The molecule has 3 aromatic carbocycles. The van der Waals surface area contributed by atoms with Gasteiger partial charge in [0.05, 0.1) is 4.90 Å². The molecular weight excluding hydrogens is 393 g/mol. The van der Waals surface area contributed by atoms with Gasteiger partial charge in [0, 0.05) is 6.54 Å². The van der Waals surface area contributed by atoms with Crippen LogP contribution in [0.2, 0.25) is 0 Å². The van der Waals surface area contributed by atoms with Crippen LogP contribution < -0.4 is 0 Å². The van der Waals surface area contributed by atoms with Crippen molar-refractivity contribution in [1.29, 1.82) is 0 Å². The quantitative estimate of drug-likeness (QED) is 0.596. The third-order valence-corrected chi connectivity index (χ3v) is 7.07. The Hall–Kier alpha value is -2.77. The number of nitrogens with zero attached hydrogens (tertiary/aromatic N) is 1. The average molecular weight is 413 g/mol. The van der Waals surface area contributed by atoms with Crippen molar-refractivity contribution in [2.75, 3.05) is 6.54 Å². The maximum absolute atomic E-state index is 13.1. The fraction of sp³-hybridized carbons (Fsp3) is 0.227. The second-order valence-electron chi connectivity index (χ2n) is 6.97. The topological polar surface area (TPSA) is 63.7 Å². The van der Waals surface area contributed by atoms with Crippen LogP contribution in [0, 0.1) is 5.82 Å². The number of hydrogen-bond acceptors (Lipinski definition) is 4. The van der Waals surface area contributed by atoms with Crippen LogP contribution in [0.5, 0.6) is 0 Å². The number of fused-ring (bicyclic) bond motifs is 1. The summed E-state index contributed by atoms with van der Waals surface area (Å²) in [5.41, 5.74) is 0.863. The highest BCUT2D eigenvalue weighted by molar-refractivity contribution is 7.89. The summed E-state index contributed by atoms with van der Waals surface area (Å²) >= 11 is 0. The molecular formula is C22H20FNO4S. The molecule has 1 fully saturated rings. The summed E-state index contributed by atoms with van der Waals surface area (Å²) in [7, 11) is -3.90. The standard InChI is InChI=1S/C22H20FNO4S/c23-18-10-12-19(13-11-18)29(26,27)24-14-4-9-21(24)22(25)28-15-17-7-3-6-16-5-1-2-8-20(16)17/h1-3,5-8,10-13,21H,4,9,14-15H2/t21-/m0/s1. The molecule has 4 rings (SSSR count). The van der Waals surface area contributed by atoms with Crippen LogP contribution in [0.3, 0.4) is 0 Å². The van der Waals surface area contributed by atoms with Crippen molar-refractivity contribution in [2.45, 2.75) is 30.4 Å². The van der Waals surface area contributed by atoms with Crippen LogP contribution >= 0.6 is 0 Å². The third-order valence-electron chi connectivity index (χ3n) is 5.15. The van der Waals surface area contributed by atoms with Crippen LogP contribution in [0.1, 0.15) is 18.4 Å². The molecule has 3 aromatic rings. The van der Waals surface area contributed by atoms with E-state index >= 15 is 0 Å². The van der Waals surface area contributed by atoms with Gasteiger partial charge in [0.2, 0.25) is 10.0 Å². The molecule has 1 atom stereocenters. The van der Waals surface area contributed by atoms with E-state index in [1.807, 2.05) is 42.5 Å². The lowest BCUT2D eigenvalue weighted by molar-refractivity contribution is -0.148. The lowest BCUT2D eigenvalue weighted by Crippen LogP contribution is -2.41. The number of ether oxygens (including phenoxy) is 1. The summed E-state index contributed by atoms with van der Waals surface area (Å²) in [6, 6.07) is 17.3. The van der Waals surface area contributed by atoms with E-state index in [0.29, 0.717) is 12.8 Å². The molecule has 0 N–H and O–H groups in total. The van der Waals surface area contributed by atoms with Crippen LogP contribution in [0.4, 0.5) is 4.39 Å². The molecule has 5 nitrogen and oxygen atoms in total. The predicted octanol–water partition coefficient (Wildman–Crippen LogP) is 3.88. The van der Waals surface area contributed by atoms with Crippen molar-refractivity contribution in [2.24, 2.45) is 0 Å². The van der Waals surface area contributed by atoms with E-state index in [9.17, 15) is 17.6 Å². The first-order chi connectivity index (χ1) is 14.0. The van der Waals surface area contributed by atoms with Crippen molar-refractivity contribution in [1.82, 2.24) is 4.31 Å². The van der Waals surface area contributed by atoms with Gasteiger partial charge in [-0.3, -0.25) is 4.79 Å². The minimum absolute atomic E-state index is 0.0346. The fourth-order valence-corrected chi connectivity index (χ4v) is 5.32. The number of halogens is 1. The van der Waals surface area contributed by atoms with Gasteiger partial charge in [0.1, 0.15) is 18.5 Å². The van der Waals surface area contributed by atoms with Gasteiger partial charge in [-0.1, -0.05) is 42.5 Å². The summed E-state index contributed by atoms with van der Waals surface area (Å²) in [5.74, 6) is -1.09. The Morgan fingerprint density at radius 2 is 1.76 bits per heavy atom. The summed E-state index contributed by atoms with van der Waals surface area (Å²) in [6.07, 6.45) is 0.962. The van der Waals surface area contributed by atoms with Crippen molar-refractivity contribution >= 4 is 26.8 Å². The van der Waals surface area contributed by atoms with Gasteiger partial charge in [0.25, 0.3) is 0 Å². The van der Waals surface area contributed by atoms with Crippen LogP contribution in [-0.2, 0) is 26.2 Å². The van der Waals surface area contributed by atoms with Gasteiger partial charge in [0.15, 0.2) is 0 Å². The molecule has 0 saturated carbocycles. The zero-order valence-electron chi connectivity index (χ0n) is 15.6. The maximum atomic E-state index is 13.1. The molecule has 1 heterocycles. The molecule has 0 bridgehead atoms. The Morgan fingerprint density at radius 1 is 1.03 bits per heavy atom. The smallest absolute Gasteiger partial charge is 0.324 e. The Labute approximate surface area is 168 Å². The second-order valence-corrected chi connectivity index (χ2v) is 8.86. The molecule has 29 heavy (non-hydrogen) atoms. The fourth-order valence-electron chi connectivity index (χ4n) is 3.67. The molecule has 0 aliphatic carbocycles. The van der Waals surface area contributed by atoms with Crippen LogP contribution in [-0.4, -0.2) is 31.3 Å². The first kappa shape index (κ1) is 19.5. The van der Waals surface area contributed by atoms with Crippen LogP contribution in [0.15, 0.2) is 71.6 Å². The molecule has 0 radical (unpaired) electrons. The third kappa shape index (κ3) is 3.88. The highest BCUT2D eigenvalue weighted by atomic mass is 32.2. The van der Waals surface area contributed by atoms with Gasteiger partial charge in [-0.05, 0) is 53.4 Å². The molecule has 7 heteroatoms. The van der Waals surface area contributed by atoms with E-state index < -0.39 is 27.9 Å². The number of benzene rings is 3. The summed E-state index contributed by atoms with van der Waals surface area (Å²) in [4.78, 5) is 12.7. The van der Waals surface area contributed by atoms with Gasteiger partial charge in [-0.2, -0.15) is 4.31 Å². The summed E-state index contributed by atoms with van der Waals surface area (Å²) in [6.45, 7) is 0.300. The Balaban J connectivity index is 1.51. The second kappa shape index (κ2) is 7.93. The molecule has 1 aliphatic heterocycles. The highest BCUT2D eigenvalue weighted by Crippen LogP contribution is 2.27. The zero-order chi connectivity index (χ0) is 20.4. The molecule has 0 spiro atoms. The number of sulfonamides is 1. The molecule has 0 aromatic heterocycles. The van der Waals surface area contributed by atoms with E-state index in [0.717, 1.165) is 32.8 Å². The van der Waals surface area contributed by atoms with Crippen molar-refractivity contribution in [3.63, 3.8) is 0 Å². The number of rotatable bonds is 5. The van der Waals surface area contributed by atoms with E-state index in [-0.39, 0.29) is 18.0 Å². The highest BCUT2D eigenvalue weighted by Gasteiger charge is 2.40. The van der Waals surface area contributed by atoms with E-state index in [2.05, 4.69) is 0 Å². The average Bonchev–Trinajstić information content (AvgIpc) is 3.23. The Morgan fingerprint density at radius 3 is 2.55 bits per heavy atom. The summed E-state index contributed by atoms with van der Waals surface area (Å²) in [5, 5.41) is 2.03. The van der Waals surface area contributed by atoms with E-state index in [4.69, 9.17) is 4.74 Å². The number of carbonyl (C=O) groups excluding carboxylic acids is 1. The van der Waals surface area contributed by atoms with Gasteiger partial charge in [-0.15, -0.1) is 0 Å². The number of hydrogen-bond donors (Lipinski definition) is 0. The first-order valence-electron chi connectivity index (χ1n) is 9.37. The van der Waals surface area contributed by atoms with Crippen molar-refractivity contribution in [3.8, 4) is 0 Å². The van der Waals surface area contributed by atoms with Gasteiger partial charge < -0.3 is 4.74 Å². The lowest BCUT2D eigenvalue weighted by atomic mass is 10.1. The minimum Gasteiger partial charge on any atom is -0.460 e. The Kier molecular flexibility index (Phi) is 5.34.